The van der Waals surface area contributed by atoms with Gasteiger partial charge in [0.15, 0.2) is 0 Å². The molecule has 14 heteroatoms. The molecule has 0 aliphatic heterocycles. The maximum Gasteiger partial charge on any atom is 0.311 e. The Morgan fingerprint density at radius 2 is 0.583 bits per heavy atom. The third kappa shape index (κ3) is 11.2. The van der Waals surface area contributed by atoms with Crippen molar-refractivity contribution in [1.82, 2.24) is 0 Å². The number of hydrogen-bond donors (Lipinski definition) is 6. The number of ether oxygens (including phenoxy) is 4. The average molecular weight is 1010 g/mol. The summed E-state index contributed by atoms with van der Waals surface area (Å²) in [6.07, 6.45) is 18.7. The van der Waals surface area contributed by atoms with Crippen molar-refractivity contribution in [3.8, 4) is 0 Å². The third-order valence-corrected chi connectivity index (χ3v) is 19.3. The lowest BCUT2D eigenvalue weighted by Gasteiger charge is -2.62. The summed E-state index contributed by atoms with van der Waals surface area (Å²) in [7, 11) is 0. The number of esters is 4. The van der Waals surface area contributed by atoms with Gasteiger partial charge in [-0.15, -0.1) is 0 Å². The van der Waals surface area contributed by atoms with Crippen LogP contribution >= 0.6 is 0 Å². The minimum absolute atomic E-state index is 0.0716. The van der Waals surface area contributed by atoms with Crippen LogP contribution in [0.15, 0.2) is 0 Å². The van der Waals surface area contributed by atoms with Crippen LogP contribution < -0.4 is 0 Å². The second kappa shape index (κ2) is 17.6. The molecule has 0 aromatic rings. The Balaban J connectivity index is 0.000000119. The van der Waals surface area contributed by atoms with Crippen LogP contribution in [-0.2, 0) is 38.1 Å². The molecule has 16 fully saturated rings. The molecule has 0 heterocycles. The van der Waals surface area contributed by atoms with Gasteiger partial charge in [0.25, 0.3) is 0 Å². The number of aliphatic hydroxyl groups is 6. The van der Waals surface area contributed by atoms with Crippen molar-refractivity contribution < 1.29 is 68.8 Å². The first kappa shape index (κ1) is 54.4. The maximum atomic E-state index is 12.2. The second-order valence-corrected chi connectivity index (χ2v) is 30.4. The molecule has 14 nitrogen and oxygen atoms in total. The van der Waals surface area contributed by atoms with Crippen LogP contribution in [0.3, 0.4) is 0 Å². The quantitative estimate of drug-likeness (QED) is 0.109. The van der Waals surface area contributed by atoms with Gasteiger partial charge in [-0.3, -0.25) is 19.2 Å². The Kier molecular flexibility index (Phi) is 13.3. The predicted molar refractivity (Wildman–Crippen MR) is 265 cm³/mol. The van der Waals surface area contributed by atoms with Crippen molar-refractivity contribution in [1.29, 1.82) is 0 Å². The van der Waals surface area contributed by atoms with Gasteiger partial charge < -0.3 is 49.6 Å². The van der Waals surface area contributed by atoms with Crippen LogP contribution in [0.1, 0.15) is 223 Å². The highest BCUT2D eigenvalue weighted by molar-refractivity contribution is 5.76. The summed E-state index contributed by atoms with van der Waals surface area (Å²) < 4.78 is 23.1. The van der Waals surface area contributed by atoms with Crippen molar-refractivity contribution in [2.75, 3.05) is 0 Å². The highest BCUT2D eigenvalue weighted by Crippen LogP contribution is 2.63. The fourth-order valence-corrected chi connectivity index (χ4v) is 18.6. The molecule has 16 saturated carbocycles. The Bertz CT molecular complexity index is 2070. The number of carbonyl (C=O) groups excluding carboxylic acids is 4. The zero-order chi connectivity index (χ0) is 52.7. The molecule has 0 aromatic heterocycles. The zero-order valence-corrected chi connectivity index (χ0v) is 45.5. The monoisotopic (exact) mass is 1010 g/mol. The molecule has 0 aromatic carbocycles. The third-order valence-electron chi connectivity index (χ3n) is 19.3. The van der Waals surface area contributed by atoms with Gasteiger partial charge in [0, 0.05) is 51.4 Å². The van der Waals surface area contributed by atoms with Crippen molar-refractivity contribution in [3.63, 3.8) is 0 Å². The zero-order valence-electron chi connectivity index (χ0n) is 45.5. The van der Waals surface area contributed by atoms with Gasteiger partial charge in [0.05, 0.1) is 56.3 Å². The minimum Gasteiger partial charge on any atom is -0.459 e. The van der Waals surface area contributed by atoms with Crippen LogP contribution in [-0.4, -0.2) is 111 Å². The molecular weight excluding hydrogens is 921 g/mol. The van der Waals surface area contributed by atoms with Crippen molar-refractivity contribution in [3.05, 3.63) is 0 Å². The van der Waals surface area contributed by atoms with E-state index in [9.17, 15) is 49.8 Å². The Labute approximate surface area is 428 Å². The first-order valence-corrected chi connectivity index (χ1v) is 28.1. The molecule has 408 valence electrons. The van der Waals surface area contributed by atoms with Gasteiger partial charge in [-0.05, 0) is 180 Å². The molecular formula is C58H92O14. The first-order valence-electron chi connectivity index (χ1n) is 28.1. The molecule has 0 radical (unpaired) electrons. The summed E-state index contributed by atoms with van der Waals surface area (Å²) in [6, 6.07) is 0. The summed E-state index contributed by atoms with van der Waals surface area (Å²) in [5, 5.41) is 63.4. The Morgan fingerprint density at radius 1 is 0.347 bits per heavy atom. The Hall–Kier alpha value is -2.36. The predicted octanol–water partition coefficient (Wildman–Crippen LogP) is 8.09. The van der Waals surface area contributed by atoms with Crippen LogP contribution in [0.4, 0.5) is 0 Å². The largest absolute Gasteiger partial charge is 0.459 e. The molecule has 16 rings (SSSR count). The first-order chi connectivity index (χ1) is 32.9. The van der Waals surface area contributed by atoms with E-state index in [4.69, 9.17) is 18.9 Å². The lowest BCUT2D eigenvalue weighted by molar-refractivity contribution is -0.264. The van der Waals surface area contributed by atoms with E-state index < -0.39 is 55.6 Å². The van der Waals surface area contributed by atoms with E-state index >= 15 is 0 Å². The standard InChI is InChI=1S/C15H24O4.C15H24O3.C14H22O4.C14H22O3/c1-12(2,3)11(16)19-15-6-10-4-13(17,8-15)7-14(18,5-10)9-15;1-13(2,3)12(16)18-15-7-10-4-11(8-15)6-14(17,5-10)9-15;1-9(2)11(15)18-14-5-10-3-12(16,7-14)6-13(17,4-10)8-14;1-9(2)12(15)17-14-6-10-3-11(7-14)5-13(16,4-10)8-14/h10,17-18H,4-9H2,1-3H3;10-11,17H,4-9H2,1-3H3;9-10,16-17H,3-8H2,1-2H3;9-11,16H,3-8H2,1-2H3. The highest BCUT2D eigenvalue weighted by atomic mass is 16.6. The second-order valence-electron chi connectivity index (χ2n) is 30.4. The van der Waals surface area contributed by atoms with E-state index in [-0.39, 0.29) is 58.8 Å². The molecule has 0 spiro atoms. The van der Waals surface area contributed by atoms with Gasteiger partial charge in [-0.1, -0.05) is 27.7 Å². The summed E-state index contributed by atoms with van der Waals surface area (Å²) in [6.45, 7) is 18.5. The van der Waals surface area contributed by atoms with Gasteiger partial charge in [-0.2, -0.15) is 0 Å². The van der Waals surface area contributed by atoms with Crippen molar-refractivity contribution in [2.45, 2.75) is 279 Å². The van der Waals surface area contributed by atoms with Gasteiger partial charge >= 0.3 is 23.9 Å². The van der Waals surface area contributed by atoms with Crippen LogP contribution in [0, 0.1) is 58.2 Å². The van der Waals surface area contributed by atoms with E-state index in [1.54, 1.807) is 0 Å². The number of carbonyl (C=O) groups is 4. The van der Waals surface area contributed by atoms with Crippen molar-refractivity contribution >= 4 is 23.9 Å². The molecule has 8 unspecified atom stereocenters. The van der Waals surface area contributed by atoms with Gasteiger partial charge in [0.2, 0.25) is 0 Å². The molecule has 16 bridgehead atoms. The number of hydrogen-bond acceptors (Lipinski definition) is 14. The summed E-state index contributed by atoms with van der Waals surface area (Å²) >= 11 is 0. The molecule has 6 N–H and O–H groups in total. The molecule has 16 aliphatic carbocycles. The summed E-state index contributed by atoms with van der Waals surface area (Å²) in [5.74, 6) is 1.92. The lowest BCUT2D eigenvalue weighted by Crippen LogP contribution is -2.67. The fourth-order valence-electron chi connectivity index (χ4n) is 18.6. The van der Waals surface area contributed by atoms with Gasteiger partial charge in [0.1, 0.15) is 22.4 Å². The maximum absolute atomic E-state index is 12.2. The van der Waals surface area contributed by atoms with E-state index in [0.717, 1.165) is 89.9 Å². The Morgan fingerprint density at radius 3 is 0.861 bits per heavy atom. The molecule has 0 amide bonds. The summed E-state index contributed by atoms with van der Waals surface area (Å²) in [4.78, 5) is 48.0. The number of rotatable bonds is 6. The molecule has 8 atom stereocenters. The van der Waals surface area contributed by atoms with Crippen LogP contribution in [0.25, 0.3) is 0 Å². The SMILES string of the molecule is CC(C)(C)C(=O)OC12CC3CC(CC(O)(C3)C1)C2.CC(C)(C)C(=O)OC12CC3CC(O)(CC(O)(C3)C1)C2.CC(C)C(=O)OC12CC3CC(CC(O)(C3)C1)C2.CC(C)C(=O)OC12CC3CC(O)(CC(O)(C3)C1)C2. The molecule has 0 saturated heterocycles. The van der Waals surface area contributed by atoms with E-state index in [1.807, 2.05) is 69.2 Å². The lowest BCUT2D eigenvalue weighted by atomic mass is 9.50. The fraction of sp³-hybridized carbons (Fsp3) is 0.931. The normalized spacial score (nSPS) is 48.0. The highest BCUT2D eigenvalue weighted by Gasteiger charge is 2.67. The van der Waals surface area contributed by atoms with Crippen LogP contribution in [0.5, 0.6) is 0 Å². The van der Waals surface area contributed by atoms with Crippen LogP contribution in [0.2, 0.25) is 0 Å². The van der Waals surface area contributed by atoms with E-state index in [0.29, 0.717) is 75.0 Å². The summed E-state index contributed by atoms with van der Waals surface area (Å²) in [5.41, 5.74) is -7.39. The van der Waals surface area contributed by atoms with E-state index in [1.165, 1.54) is 12.8 Å². The smallest absolute Gasteiger partial charge is 0.311 e. The topological polar surface area (TPSA) is 227 Å². The average Bonchev–Trinajstić information content (AvgIpc) is 3.12. The minimum atomic E-state index is -0.841. The molecule has 16 aliphatic rings. The van der Waals surface area contributed by atoms with Gasteiger partial charge in [-0.25, -0.2) is 0 Å². The van der Waals surface area contributed by atoms with Crippen molar-refractivity contribution in [2.24, 2.45) is 58.2 Å². The molecule has 72 heavy (non-hydrogen) atoms. The van der Waals surface area contributed by atoms with E-state index in [2.05, 4.69) is 0 Å².